The van der Waals surface area contributed by atoms with Gasteiger partial charge < -0.3 is 24.8 Å². The lowest BCUT2D eigenvalue weighted by molar-refractivity contribution is -0.114. The first-order chi connectivity index (χ1) is 13.5. The van der Waals surface area contributed by atoms with Crippen molar-refractivity contribution in [3.05, 3.63) is 48.0 Å². The molecule has 0 unspecified atom stereocenters. The molecule has 2 amide bonds. The van der Waals surface area contributed by atoms with Crippen molar-refractivity contribution in [2.75, 3.05) is 31.0 Å². The fourth-order valence-corrected chi connectivity index (χ4v) is 2.97. The van der Waals surface area contributed by atoms with Crippen LogP contribution < -0.4 is 20.1 Å². The van der Waals surface area contributed by atoms with Gasteiger partial charge in [0.05, 0.1) is 18.9 Å². The number of carbonyl (C=O) groups excluding carboxylic acids is 2. The molecule has 7 heteroatoms. The van der Waals surface area contributed by atoms with Crippen molar-refractivity contribution in [3.63, 3.8) is 0 Å². The van der Waals surface area contributed by atoms with Crippen molar-refractivity contribution in [2.24, 2.45) is 0 Å². The number of rotatable bonds is 7. The number of benzene rings is 2. The van der Waals surface area contributed by atoms with E-state index in [9.17, 15) is 9.59 Å². The van der Waals surface area contributed by atoms with E-state index >= 15 is 0 Å². The van der Waals surface area contributed by atoms with Crippen molar-refractivity contribution in [1.29, 1.82) is 0 Å². The van der Waals surface area contributed by atoms with E-state index in [1.165, 1.54) is 14.0 Å². The highest BCUT2D eigenvalue weighted by Gasteiger charge is 2.17. The van der Waals surface area contributed by atoms with Crippen LogP contribution in [0.1, 0.15) is 30.1 Å². The van der Waals surface area contributed by atoms with E-state index in [1.54, 1.807) is 36.4 Å². The summed E-state index contributed by atoms with van der Waals surface area (Å²) in [5.41, 5.74) is 1.48. The van der Waals surface area contributed by atoms with Crippen LogP contribution in [0.5, 0.6) is 11.5 Å². The van der Waals surface area contributed by atoms with Gasteiger partial charge in [0.2, 0.25) is 5.91 Å². The Kier molecular flexibility index (Phi) is 6.49. The third kappa shape index (κ3) is 5.23. The van der Waals surface area contributed by atoms with Crippen LogP contribution in [0.3, 0.4) is 0 Å². The second-order valence-electron chi connectivity index (χ2n) is 6.52. The van der Waals surface area contributed by atoms with E-state index < -0.39 is 0 Å². The summed E-state index contributed by atoms with van der Waals surface area (Å²) in [6, 6.07) is 12.0. The van der Waals surface area contributed by atoms with Crippen molar-refractivity contribution >= 4 is 23.2 Å². The molecule has 1 aliphatic heterocycles. The van der Waals surface area contributed by atoms with Crippen LogP contribution in [0.25, 0.3) is 0 Å². The Morgan fingerprint density at radius 1 is 1.18 bits per heavy atom. The maximum Gasteiger partial charge on any atom is 0.255 e. The molecule has 3 rings (SSSR count). The fraction of sp³-hybridized carbons (Fsp3) is 0.333. The van der Waals surface area contributed by atoms with Gasteiger partial charge in [0.15, 0.2) is 0 Å². The summed E-state index contributed by atoms with van der Waals surface area (Å²) < 4.78 is 16.6. The van der Waals surface area contributed by atoms with Crippen molar-refractivity contribution in [2.45, 2.75) is 25.9 Å². The molecule has 148 valence electrons. The minimum absolute atomic E-state index is 0.109. The zero-order valence-electron chi connectivity index (χ0n) is 16.0. The molecule has 1 heterocycles. The number of amides is 2. The Balaban J connectivity index is 1.70. The second-order valence-corrected chi connectivity index (χ2v) is 6.52. The molecule has 2 aromatic carbocycles. The molecule has 2 N–H and O–H groups in total. The molecule has 0 radical (unpaired) electrons. The number of methoxy groups -OCH3 is 1. The molecule has 1 fully saturated rings. The SMILES string of the molecule is COc1ccc(NC(C)=O)cc1NC(=O)c1cccc(OC[C@H]2CCCO2)c1. The van der Waals surface area contributed by atoms with Crippen molar-refractivity contribution < 1.29 is 23.8 Å². The van der Waals surface area contributed by atoms with Gasteiger partial charge in [-0.15, -0.1) is 0 Å². The predicted molar refractivity (Wildman–Crippen MR) is 106 cm³/mol. The topological polar surface area (TPSA) is 85.9 Å². The lowest BCUT2D eigenvalue weighted by atomic mass is 10.2. The first kappa shape index (κ1) is 19.7. The summed E-state index contributed by atoms with van der Waals surface area (Å²) in [6.45, 7) is 2.66. The lowest BCUT2D eigenvalue weighted by Crippen LogP contribution is -2.17. The Labute approximate surface area is 164 Å². The summed E-state index contributed by atoms with van der Waals surface area (Å²) in [5.74, 6) is 0.606. The quantitative estimate of drug-likeness (QED) is 0.763. The minimum Gasteiger partial charge on any atom is -0.495 e. The largest absolute Gasteiger partial charge is 0.495 e. The highest BCUT2D eigenvalue weighted by molar-refractivity contribution is 6.05. The van der Waals surface area contributed by atoms with Crippen LogP contribution in [-0.2, 0) is 9.53 Å². The van der Waals surface area contributed by atoms with E-state index in [0.717, 1.165) is 19.4 Å². The molecule has 0 spiro atoms. The van der Waals surface area contributed by atoms with Gasteiger partial charge >= 0.3 is 0 Å². The molecule has 0 bridgehead atoms. The van der Waals surface area contributed by atoms with Gasteiger partial charge in [-0.05, 0) is 49.2 Å². The number of hydrogen-bond donors (Lipinski definition) is 2. The molecule has 28 heavy (non-hydrogen) atoms. The van der Waals surface area contributed by atoms with E-state index in [4.69, 9.17) is 14.2 Å². The first-order valence-electron chi connectivity index (χ1n) is 9.16. The van der Waals surface area contributed by atoms with Gasteiger partial charge in [-0.2, -0.15) is 0 Å². The van der Waals surface area contributed by atoms with Crippen molar-refractivity contribution in [3.8, 4) is 11.5 Å². The average molecular weight is 384 g/mol. The Bertz CT molecular complexity index is 846. The monoisotopic (exact) mass is 384 g/mol. The lowest BCUT2D eigenvalue weighted by Gasteiger charge is -2.14. The van der Waals surface area contributed by atoms with Crippen LogP contribution in [0.2, 0.25) is 0 Å². The van der Waals surface area contributed by atoms with Gasteiger partial charge in [-0.25, -0.2) is 0 Å². The van der Waals surface area contributed by atoms with Crippen LogP contribution in [0.15, 0.2) is 42.5 Å². The zero-order chi connectivity index (χ0) is 19.9. The average Bonchev–Trinajstić information content (AvgIpc) is 3.20. The predicted octanol–water partition coefficient (Wildman–Crippen LogP) is 3.46. The van der Waals surface area contributed by atoms with Crippen LogP contribution in [0.4, 0.5) is 11.4 Å². The maximum atomic E-state index is 12.7. The van der Waals surface area contributed by atoms with Gasteiger partial charge in [0.25, 0.3) is 5.91 Å². The number of hydrogen-bond acceptors (Lipinski definition) is 5. The van der Waals surface area contributed by atoms with Gasteiger partial charge in [-0.1, -0.05) is 6.07 Å². The summed E-state index contributed by atoms with van der Waals surface area (Å²) >= 11 is 0. The maximum absolute atomic E-state index is 12.7. The van der Waals surface area contributed by atoms with Crippen LogP contribution >= 0.6 is 0 Å². The number of ether oxygens (including phenoxy) is 3. The molecule has 1 saturated heterocycles. The van der Waals surface area contributed by atoms with Crippen LogP contribution in [0, 0.1) is 0 Å². The molecule has 0 aliphatic carbocycles. The molecular formula is C21H24N2O5. The van der Waals surface area contributed by atoms with E-state index in [1.807, 2.05) is 6.07 Å². The Morgan fingerprint density at radius 3 is 2.75 bits per heavy atom. The molecule has 1 atom stereocenters. The smallest absolute Gasteiger partial charge is 0.255 e. The van der Waals surface area contributed by atoms with Gasteiger partial charge in [0, 0.05) is 24.8 Å². The third-order valence-electron chi connectivity index (χ3n) is 4.32. The van der Waals surface area contributed by atoms with Crippen LogP contribution in [-0.4, -0.2) is 38.2 Å². The highest BCUT2D eigenvalue weighted by atomic mass is 16.5. The van der Waals surface area contributed by atoms with E-state index in [0.29, 0.717) is 35.0 Å². The molecular weight excluding hydrogens is 360 g/mol. The molecule has 0 aromatic heterocycles. The van der Waals surface area contributed by atoms with Crippen molar-refractivity contribution in [1.82, 2.24) is 0 Å². The summed E-state index contributed by atoms with van der Waals surface area (Å²) in [6.07, 6.45) is 2.15. The van der Waals surface area contributed by atoms with E-state index in [2.05, 4.69) is 10.6 Å². The summed E-state index contributed by atoms with van der Waals surface area (Å²) in [7, 11) is 1.52. The highest BCUT2D eigenvalue weighted by Crippen LogP contribution is 2.28. The number of anilines is 2. The fourth-order valence-electron chi connectivity index (χ4n) is 2.97. The molecule has 0 saturated carbocycles. The van der Waals surface area contributed by atoms with E-state index in [-0.39, 0.29) is 17.9 Å². The van der Waals surface area contributed by atoms with Gasteiger partial charge in [-0.3, -0.25) is 9.59 Å². The summed E-state index contributed by atoms with van der Waals surface area (Å²) in [4.78, 5) is 24.0. The normalized spacial score (nSPS) is 15.7. The Hall–Kier alpha value is -3.06. The molecule has 2 aromatic rings. The molecule has 7 nitrogen and oxygen atoms in total. The molecule has 1 aliphatic rings. The zero-order valence-corrected chi connectivity index (χ0v) is 16.0. The second kappa shape index (κ2) is 9.23. The third-order valence-corrected chi connectivity index (χ3v) is 4.32. The summed E-state index contributed by atoms with van der Waals surface area (Å²) in [5, 5.41) is 5.50. The first-order valence-corrected chi connectivity index (χ1v) is 9.16. The number of nitrogens with one attached hydrogen (secondary N) is 2. The standard InChI is InChI=1S/C21H24N2O5/c1-14(24)22-16-8-9-20(26-2)19(12-16)23-21(25)15-5-3-6-17(11-15)28-13-18-7-4-10-27-18/h3,5-6,8-9,11-12,18H,4,7,10,13H2,1-2H3,(H,22,24)(H,23,25)/t18-/m1/s1. The Morgan fingerprint density at radius 2 is 2.04 bits per heavy atom. The number of carbonyl (C=O) groups is 2. The van der Waals surface area contributed by atoms with Gasteiger partial charge in [0.1, 0.15) is 18.1 Å². The minimum atomic E-state index is -0.305.